The number of β-amino-alcohol motifs (C(OH)–C–C–N with tert-alkyl or cyclic N) is 1. The van der Waals surface area contributed by atoms with Crippen molar-refractivity contribution in [1.29, 1.82) is 0 Å². The maximum absolute atomic E-state index is 12.7. The summed E-state index contributed by atoms with van der Waals surface area (Å²) in [7, 11) is 0. The van der Waals surface area contributed by atoms with Crippen LogP contribution in [-0.2, 0) is 11.3 Å². The van der Waals surface area contributed by atoms with E-state index < -0.39 is 6.10 Å². The fourth-order valence-electron chi connectivity index (χ4n) is 2.84. The third-order valence-corrected chi connectivity index (χ3v) is 4.17. The molecule has 1 N–H and O–H groups in total. The topological polar surface area (TPSA) is 104 Å². The van der Waals surface area contributed by atoms with Crippen LogP contribution in [0.25, 0.3) is 0 Å². The average molecular weight is 344 g/mol. The number of amides is 2. The zero-order chi connectivity index (χ0) is 17.8. The maximum atomic E-state index is 12.7. The highest BCUT2D eigenvalue weighted by Crippen LogP contribution is 2.12. The van der Waals surface area contributed by atoms with Gasteiger partial charge < -0.3 is 14.9 Å². The van der Waals surface area contributed by atoms with Crippen molar-refractivity contribution in [2.75, 3.05) is 26.2 Å². The molecule has 9 heteroatoms. The van der Waals surface area contributed by atoms with Crippen molar-refractivity contribution < 1.29 is 14.7 Å². The fourth-order valence-corrected chi connectivity index (χ4v) is 2.84. The van der Waals surface area contributed by atoms with E-state index in [4.69, 9.17) is 0 Å². The minimum absolute atomic E-state index is 0.0969. The Balaban J connectivity index is 1.66. The predicted molar refractivity (Wildman–Crippen MR) is 87.5 cm³/mol. The van der Waals surface area contributed by atoms with Gasteiger partial charge in [0.1, 0.15) is 6.33 Å². The minimum Gasteiger partial charge on any atom is -0.389 e. The largest absolute Gasteiger partial charge is 0.389 e. The molecule has 1 aromatic heterocycles. The molecule has 0 radical (unpaired) electrons. The number of tetrazole rings is 1. The number of hydrogen-bond acceptors (Lipinski definition) is 6. The second-order valence-electron chi connectivity index (χ2n) is 6.07. The Labute approximate surface area is 144 Å². The van der Waals surface area contributed by atoms with E-state index in [9.17, 15) is 14.7 Å². The highest BCUT2D eigenvalue weighted by molar-refractivity contribution is 5.94. The van der Waals surface area contributed by atoms with Gasteiger partial charge in [-0.1, -0.05) is 12.1 Å². The fraction of sp³-hybridized carbons (Fsp3) is 0.438. The van der Waals surface area contributed by atoms with Crippen molar-refractivity contribution in [2.24, 2.45) is 0 Å². The molecular formula is C16H20N6O3. The molecule has 0 spiro atoms. The molecule has 0 aliphatic carbocycles. The van der Waals surface area contributed by atoms with Crippen molar-refractivity contribution in [3.63, 3.8) is 0 Å². The van der Waals surface area contributed by atoms with Gasteiger partial charge in [0.05, 0.1) is 12.6 Å². The van der Waals surface area contributed by atoms with Crippen LogP contribution in [-0.4, -0.2) is 79.2 Å². The van der Waals surface area contributed by atoms with Crippen LogP contribution in [0.4, 0.5) is 0 Å². The summed E-state index contributed by atoms with van der Waals surface area (Å²) in [6.07, 6.45) is 0.785. The summed E-state index contributed by atoms with van der Waals surface area (Å²) in [4.78, 5) is 27.3. The van der Waals surface area contributed by atoms with E-state index in [0.717, 1.165) is 5.56 Å². The number of aliphatic hydroxyl groups excluding tert-OH is 1. The van der Waals surface area contributed by atoms with Gasteiger partial charge in [0.15, 0.2) is 0 Å². The van der Waals surface area contributed by atoms with Gasteiger partial charge in [-0.05, 0) is 28.1 Å². The van der Waals surface area contributed by atoms with Crippen LogP contribution in [0.2, 0.25) is 0 Å². The summed E-state index contributed by atoms with van der Waals surface area (Å²) in [6, 6.07) is 7.21. The Morgan fingerprint density at radius 2 is 1.84 bits per heavy atom. The predicted octanol–water partition coefficient (Wildman–Crippen LogP) is -0.613. The maximum Gasteiger partial charge on any atom is 0.254 e. The number of rotatable bonds is 3. The van der Waals surface area contributed by atoms with E-state index in [-0.39, 0.29) is 24.9 Å². The lowest BCUT2D eigenvalue weighted by molar-refractivity contribution is -0.129. The molecule has 0 bridgehead atoms. The van der Waals surface area contributed by atoms with Crippen molar-refractivity contribution in [2.45, 2.75) is 19.6 Å². The van der Waals surface area contributed by atoms with Crippen LogP contribution in [0.3, 0.4) is 0 Å². The highest BCUT2D eigenvalue weighted by Gasteiger charge is 2.26. The number of hydrogen-bond donors (Lipinski definition) is 1. The number of aliphatic hydroxyl groups is 1. The number of aromatic nitrogens is 4. The summed E-state index contributed by atoms with van der Waals surface area (Å²) in [6.45, 7) is 3.29. The molecule has 1 atom stereocenters. The molecule has 1 aliphatic heterocycles. The van der Waals surface area contributed by atoms with Gasteiger partial charge in [0.25, 0.3) is 5.91 Å². The summed E-state index contributed by atoms with van der Waals surface area (Å²) >= 11 is 0. The first kappa shape index (κ1) is 17.0. The molecule has 2 heterocycles. The van der Waals surface area contributed by atoms with Gasteiger partial charge in [0.2, 0.25) is 5.91 Å². The van der Waals surface area contributed by atoms with E-state index in [0.29, 0.717) is 25.2 Å². The van der Waals surface area contributed by atoms with Crippen LogP contribution >= 0.6 is 0 Å². The molecular weight excluding hydrogens is 324 g/mol. The van der Waals surface area contributed by atoms with Gasteiger partial charge >= 0.3 is 0 Å². The van der Waals surface area contributed by atoms with Crippen molar-refractivity contribution in [3.05, 3.63) is 41.7 Å². The monoisotopic (exact) mass is 344 g/mol. The van der Waals surface area contributed by atoms with Gasteiger partial charge in [-0.3, -0.25) is 9.59 Å². The second-order valence-corrected chi connectivity index (χ2v) is 6.07. The van der Waals surface area contributed by atoms with E-state index >= 15 is 0 Å². The molecule has 1 aromatic carbocycles. The summed E-state index contributed by atoms with van der Waals surface area (Å²) in [5, 5.41) is 21.0. The SMILES string of the molecule is CC(=O)N1CCN(C(=O)c2ccc(Cn3cnnn3)cc2)C[C@H](O)C1. The van der Waals surface area contributed by atoms with E-state index in [1.165, 1.54) is 13.3 Å². The molecule has 0 saturated carbocycles. The zero-order valence-electron chi connectivity index (χ0n) is 13.9. The Morgan fingerprint density at radius 1 is 1.16 bits per heavy atom. The molecule has 2 aromatic rings. The van der Waals surface area contributed by atoms with Gasteiger partial charge in [0, 0.05) is 38.7 Å². The molecule has 1 saturated heterocycles. The van der Waals surface area contributed by atoms with Crippen LogP contribution in [0.15, 0.2) is 30.6 Å². The first-order valence-corrected chi connectivity index (χ1v) is 8.05. The first-order chi connectivity index (χ1) is 12.0. The number of nitrogens with zero attached hydrogens (tertiary/aromatic N) is 6. The molecule has 9 nitrogen and oxygen atoms in total. The Morgan fingerprint density at radius 3 is 2.48 bits per heavy atom. The second kappa shape index (κ2) is 7.39. The Kier molecular flexibility index (Phi) is 5.03. The van der Waals surface area contributed by atoms with Crippen LogP contribution in [0, 0.1) is 0 Å². The lowest BCUT2D eigenvalue weighted by atomic mass is 10.1. The van der Waals surface area contributed by atoms with Crippen LogP contribution in [0.5, 0.6) is 0 Å². The average Bonchev–Trinajstić information content (AvgIpc) is 3.01. The van der Waals surface area contributed by atoms with Crippen LogP contribution in [0.1, 0.15) is 22.8 Å². The lowest BCUT2D eigenvalue weighted by Gasteiger charge is -2.21. The first-order valence-electron chi connectivity index (χ1n) is 8.05. The molecule has 132 valence electrons. The molecule has 1 fully saturated rings. The normalized spacial score (nSPS) is 18.1. The van der Waals surface area contributed by atoms with Crippen molar-refractivity contribution >= 4 is 11.8 Å². The van der Waals surface area contributed by atoms with Crippen LogP contribution < -0.4 is 0 Å². The third-order valence-electron chi connectivity index (χ3n) is 4.17. The standard InChI is InChI=1S/C16H20N6O3/c1-12(23)20-6-7-21(10-15(24)9-20)16(25)14-4-2-13(3-5-14)8-22-11-17-18-19-22/h2-5,11,15,24H,6-10H2,1H3/t15-/m1/s1. The van der Waals surface area contributed by atoms with Gasteiger partial charge in [-0.2, -0.15) is 0 Å². The van der Waals surface area contributed by atoms with Gasteiger partial charge in [-0.15, -0.1) is 5.10 Å². The number of benzene rings is 1. The Bertz CT molecular complexity index is 731. The van der Waals surface area contributed by atoms with Crippen molar-refractivity contribution in [3.8, 4) is 0 Å². The summed E-state index contributed by atoms with van der Waals surface area (Å²) in [5.41, 5.74) is 1.52. The van der Waals surface area contributed by atoms with E-state index in [1.807, 2.05) is 12.1 Å². The molecule has 0 unspecified atom stereocenters. The Hall–Kier alpha value is -2.81. The summed E-state index contributed by atoms with van der Waals surface area (Å²) < 4.78 is 1.60. The number of carbonyl (C=O) groups excluding carboxylic acids is 2. The third kappa shape index (κ3) is 4.18. The molecule has 1 aliphatic rings. The molecule has 2 amide bonds. The quantitative estimate of drug-likeness (QED) is 0.796. The number of carbonyl (C=O) groups is 2. The smallest absolute Gasteiger partial charge is 0.254 e. The summed E-state index contributed by atoms with van der Waals surface area (Å²) in [5.74, 6) is -0.251. The van der Waals surface area contributed by atoms with Crippen molar-refractivity contribution in [1.82, 2.24) is 30.0 Å². The highest BCUT2D eigenvalue weighted by atomic mass is 16.3. The van der Waals surface area contributed by atoms with E-state index in [2.05, 4.69) is 15.5 Å². The van der Waals surface area contributed by atoms with Gasteiger partial charge in [-0.25, -0.2) is 4.68 Å². The lowest BCUT2D eigenvalue weighted by Crippen LogP contribution is -2.37. The van der Waals surface area contributed by atoms with E-state index in [1.54, 1.807) is 26.6 Å². The minimum atomic E-state index is -0.741. The molecule has 3 rings (SSSR count). The zero-order valence-corrected chi connectivity index (χ0v) is 13.9. The molecule has 25 heavy (non-hydrogen) atoms.